The summed E-state index contributed by atoms with van der Waals surface area (Å²) in [6.45, 7) is 8.97. The molecule has 3 atom stereocenters. The first-order chi connectivity index (χ1) is 14.9. The van der Waals surface area contributed by atoms with Gasteiger partial charge in [-0.25, -0.2) is 0 Å². The van der Waals surface area contributed by atoms with Crippen molar-refractivity contribution in [2.75, 3.05) is 13.2 Å². The molecule has 0 aromatic heterocycles. The van der Waals surface area contributed by atoms with Gasteiger partial charge in [-0.1, -0.05) is 44.3 Å². The second kappa shape index (κ2) is 15.6. The molecule has 0 aromatic rings. The Kier molecular flexibility index (Phi) is 13.5. The molecular formula is C24H40N2O5. The highest BCUT2D eigenvalue weighted by Crippen LogP contribution is 2.27. The molecule has 1 saturated carbocycles. The van der Waals surface area contributed by atoms with Gasteiger partial charge in [-0.3, -0.25) is 14.4 Å². The lowest BCUT2D eigenvalue weighted by Gasteiger charge is -2.28. The normalized spacial score (nSPS) is 17.1. The Labute approximate surface area is 186 Å². The summed E-state index contributed by atoms with van der Waals surface area (Å²) in [5, 5.41) is 14.8. The summed E-state index contributed by atoms with van der Waals surface area (Å²) in [5.41, 5.74) is 0. The summed E-state index contributed by atoms with van der Waals surface area (Å²) in [5.74, 6) is -0.896. The average molecular weight is 437 g/mol. The minimum Gasteiger partial charge on any atom is -0.463 e. The Morgan fingerprint density at radius 1 is 1.13 bits per heavy atom. The maximum atomic E-state index is 13.0. The van der Waals surface area contributed by atoms with Crippen LogP contribution >= 0.6 is 0 Å². The van der Waals surface area contributed by atoms with E-state index in [1.165, 1.54) is 19.3 Å². The van der Waals surface area contributed by atoms with Gasteiger partial charge in [0.1, 0.15) is 6.61 Å². The van der Waals surface area contributed by atoms with Crippen molar-refractivity contribution in [2.45, 2.75) is 83.2 Å². The molecule has 7 nitrogen and oxygen atoms in total. The fourth-order valence-electron chi connectivity index (χ4n) is 3.89. The quantitative estimate of drug-likeness (QED) is 0.270. The second-order valence-electron chi connectivity index (χ2n) is 8.53. The third-order valence-corrected chi connectivity index (χ3v) is 5.62. The first-order valence-corrected chi connectivity index (χ1v) is 11.5. The number of aliphatic hydroxyl groups excluding tert-OH is 1. The molecule has 0 radical (unpaired) electrons. The number of ether oxygens (including phenoxy) is 1. The van der Waals surface area contributed by atoms with Gasteiger partial charge in [-0.2, -0.15) is 0 Å². The summed E-state index contributed by atoms with van der Waals surface area (Å²) in [7, 11) is 0. The maximum absolute atomic E-state index is 13.0. The average Bonchev–Trinajstić information content (AvgIpc) is 2.76. The Morgan fingerprint density at radius 3 is 2.45 bits per heavy atom. The van der Waals surface area contributed by atoms with Gasteiger partial charge in [-0.05, 0) is 32.1 Å². The number of hydrogen-bond acceptors (Lipinski definition) is 5. The molecule has 0 unspecified atom stereocenters. The van der Waals surface area contributed by atoms with Crippen LogP contribution in [-0.2, 0) is 19.1 Å². The number of allylic oxidation sites excluding steroid dienone is 2. The van der Waals surface area contributed by atoms with Gasteiger partial charge in [0.15, 0.2) is 0 Å². The molecule has 2 amide bonds. The van der Waals surface area contributed by atoms with Crippen molar-refractivity contribution in [1.82, 2.24) is 10.6 Å². The van der Waals surface area contributed by atoms with Gasteiger partial charge in [0.25, 0.3) is 0 Å². The van der Waals surface area contributed by atoms with Crippen LogP contribution in [0, 0.1) is 11.8 Å². The van der Waals surface area contributed by atoms with Crippen molar-refractivity contribution in [3.63, 3.8) is 0 Å². The summed E-state index contributed by atoms with van der Waals surface area (Å²) < 4.78 is 5.41. The van der Waals surface area contributed by atoms with E-state index in [0.29, 0.717) is 18.8 Å². The molecule has 3 N–H and O–H groups in total. The van der Waals surface area contributed by atoms with Crippen molar-refractivity contribution in [3.05, 3.63) is 25.3 Å². The van der Waals surface area contributed by atoms with Crippen molar-refractivity contribution >= 4 is 17.8 Å². The SMILES string of the molecule is C=CCCC(=O)OC[C@H](CC1CCCCC1)NC(=O)[C@H](CC=C)CC(=O)N[C@@H](C)CO. The van der Waals surface area contributed by atoms with Crippen LogP contribution in [0.5, 0.6) is 0 Å². The number of amides is 2. The van der Waals surface area contributed by atoms with Crippen molar-refractivity contribution < 1.29 is 24.2 Å². The topological polar surface area (TPSA) is 105 Å². The Balaban J connectivity index is 2.72. The van der Waals surface area contributed by atoms with Crippen LogP contribution in [0.3, 0.4) is 0 Å². The zero-order valence-corrected chi connectivity index (χ0v) is 18.9. The molecule has 176 valence electrons. The van der Waals surface area contributed by atoms with Crippen LogP contribution in [0.15, 0.2) is 25.3 Å². The highest BCUT2D eigenvalue weighted by atomic mass is 16.5. The van der Waals surface area contributed by atoms with Crippen LogP contribution < -0.4 is 10.6 Å². The van der Waals surface area contributed by atoms with Gasteiger partial charge in [0, 0.05) is 18.9 Å². The molecule has 0 aliphatic heterocycles. The number of hydrogen-bond donors (Lipinski definition) is 3. The molecule has 0 saturated heterocycles. The molecule has 0 spiro atoms. The number of aliphatic hydroxyl groups is 1. The predicted molar refractivity (Wildman–Crippen MR) is 121 cm³/mol. The van der Waals surface area contributed by atoms with E-state index in [2.05, 4.69) is 23.8 Å². The summed E-state index contributed by atoms with van der Waals surface area (Å²) >= 11 is 0. The second-order valence-corrected chi connectivity index (χ2v) is 8.53. The van der Waals surface area contributed by atoms with Crippen LogP contribution in [0.4, 0.5) is 0 Å². The van der Waals surface area contributed by atoms with E-state index in [4.69, 9.17) is 9.84 Å². The molecule has 0 bridgehead atoms. The Morgan fingerprint density at radius 2 is 1.84 bits per heavy atom. The van der Waals surface area contributed by atoms with E-state index in [1.807, 2.05) is 0 Å². The van der Waals surface area contributed by atoms with Crippen LogP contribution in [0.2, 0.25) is 0 Å². The number of rotatable bonds is 15. The zero-order valence-electron chi connectivity index (χ0n) is 18.9. The summed E-state index contributed by atoms with van der Waals surface area (Å²) in [6, 6.07) is -0.649. The lowest BCUT2D eigenvalue weighted by atomic mass is 9.84. The van der Waals surface area contributed by atoms with Crippen molar-refractivity contribution in [2.24, 2.45) is 11.8 Å². The number of carbonyl (C=O) groups is 3. The van der Waals surface area contributed by atoms with Crippen LogP contribution in [0.1, 0.15) is 71.1 Å². The van der Waals surface area contributed by atoms with Crippen LogP contribution in [-0.4, -0.2) is 48.2 Å². The van der Waals surface area contributed by atoms with E-state index in [-0.39, 0.29) is 55.9 Å². The van der Waals surface area contributed by atoms with E-state index < -0.39 is 5.92 Å². The van der Waals surface area contributed by atoms with Gasteiger partial charge in [0.05, 0.1) is 18.6 Å². The van der Waals surface area contributed by atoms with E-state index in [9.17, 15) is 14.4 Å². The Hall–Kier alpha value is -2.15. The fourth-order valence-corrected chi connectivity index (χ4v) is 3.89. The third-order valence-electron chi connectivity index (χ3n) is 5.62. The first-order valence-electron chi connectivity index (χ1n) is 11.5. The van der Waals surface area contributed by atoms with Gasteiger partial charge in [0.2, 0.25) is 11.8 Å². The monoisotopic (exact) mass is 436 g/mol. The molecule has 1 aliphatic carbocycles. The maximum Gasteiger partial charge on any atom is 0.306 e. The molecule has 0 heterocycles. The lowest BCUT2D eigenvalue weighted by Crippen LogP contribution is -2.45. The number of esters is 1. The van der Waals surface area contributed by atoms with Gasteiger partial charge in [-0.15, -0.1) is 13.2 Å². The predicted octanol–water partition coefficient (Wildman–Crippen LogP) is 3.03. The highest BCUT2D eigenvalue weighted by molar-refractivity contribution is 5.86. The molecule has 1 rings (SSSR count). The highest BCUT2D eigenvalue weighted by Gasteiger charge is 2.26. The fraction of sp³-hybridized carbons (Fsp3) is 0.708. The van der Waals surface area contributed by atoms with Gasteiger partial charge >= 0.3 is 5.97 Å². The minimum absolute atomic E-state index is 0.0114. The number of nitrogens with one attached hydrogen (secondary N) is 2. The molecular weight excluding hydrogens is 396 g/mol. The largest absolute Gasteiger partial charge is 0.463 e. The van der Waals surface area contributed by atoms with Gasteiger partial charge < -0.3 is 20.5 Å². The molecule has 0 aromatic carbocycles. The molecule has 1 aliphatic rings. The summed E-state index contributed by atoms with van der Waals surface area (Å²) in [6.07, 6.45) is 11.1. The van der Waals surface area contributed by atoms with E-state index in [1.54, 1.807) is 19.1 Å². The van der Waals surface area contributed by atoms with Crippen molar-refractivity contribution in [3.8, 4) is 0 Å². The Bertz CT molecular complexity index is 587. The van der Waals surface area contributed by atoms with Crippen LogP contribution in [0.25, 0.3) is 0 Å². The number of carbonyl (C=O) groups excluding carboxylic acids is 3. The standard InChI is InChI=1S/C24H40N2O5/c1-4-6-13-23(29)31-17-21(14-19-11-8-7-9-12-19)26-24(30)20(10-5-2)15-22(28)25-18(3)16-27/h4-5,18-21,27H,1-2,6-17H2,3H3,(H,25,28)(H,26,30)/t18-,20+,21-/m0/s1. The smallest absolute Gasteiger partial charge is 0.306 e. The zero-order chi connectivity index (χ0) is 23.1. The minimum atomic E-state index is -0.561. The third kappa shape index (κ3) is 11.7. The van der Waals surface area contributed by atoms with E-state index in [0.717, 1.165) is 19.3 Å². The van der Waals surface area contributed by atoms with Crippen molar-refractivity contribution in [1.29, 1.82) is 0 Å². The molecule has 1 fully saturated rings. The molecule has 7 heteroatoms. The van der Waals surface area contributed by atoms with E-state index >= 15 is 0 Å². The molecule has 31 heavy (non-hydrogen) atoms. The first kappa shape index (κ1) is 26.9. The summed E-state index contributed by atoms with van der Waals surface area (Å²) in [4.78, 5) is 37.1. The lowest BCUT2D eigenvalue weighted by molar-refractivity contribution is -0.145.